The van der Waals surface area contributed by atoms with Crippen LogP contribution in [-0.4, -0.2) is 65.5 Å². The average Bonchev–Trinajstić information content (AvgIpc) is 3.87. The normalized spacial score (nSPS) is 27.0. The van der Waals surface area contributed by atoms with Crippen molar-refractivity contribution in [3.8, 4) is 29.1 Å². The van der Waals surface area contributed by atoms with E-state index in [1.807, 2.05) is 11.0 Å². The molecule has 8 rings (SSSR count). The molecule has 4 aliphatic rings. The third kappa shape index (κ3) is 5.34. The zero-order chi connectivity index (χ0) is 34.3. The number of nitrogens with two attached hydrogens (primary N) is 1. The molecule has 3 saturated heterocycles. The highest BCUT2D eigenvalue weighted by Crippen LogP contribution is 2.49. The number of nitrogens with one attached hydrogen (secondary N) is 1. The molecule has 4 unspecified atom stereocenters. The molecular weight excluding hydrogens is 670 g/mol. The summed E-state index contributed by atoms with van der Waals surface area (Å²) < 4.78 is 103. The maximum atomic E-state index is 17.0. The van der Waals surface area contributed by atoms with Crippen molar-refractivity contribution in [2.75, 3.05) is 38.5 Å². The lowest BCUT2D eigenvalue weighted by molar-refractivity contribution is -0.137. The van der Waals surface area contributed by atoms with Gasteiger partial charge in [-0.2, -0.15) is 28.4 Å². The molecule has 5 heterocycles. The number of nitriles is 1. The summed E-state index contributed by atoms with van der Waals surface area (Å²) in [5.41, 5.74) is 1.98. The smallest absolute Gasteiger partial charge is 0.417 e. The lowest BCUT2D eigenvalue weighted by atomic mass is 9.85. The van der Waals surface area contributed by atoms with Crippen molar-refractivity contribution in [1.29, 1.82) is 5.26 Å². The molecule has 1 spiro atoms. The van der Waals surface area contributed by atoms with Gasteiger partial charge in [-0.3, -0.25) is 4.90 Å². The molecule has 4 aromatic rings. The Bertz CT molecular complexity index is 2020. The van der Waals surface area contributed by atoms with Crippen LogP contribution in [-0.2, 0) is 6.18 Å². The zero-order valence-electron chi connectivity index (χ0n) is 26.2. The van der Waals surface area contributed by atoms with Crippen LogP contribution >= 0.6 is 11.3 Å². The third-order valence-corrected chi connectivity index (χ3v) is 11.9. The summed E-state index contributed by atoms with van der Waals surface area (Å²) in [6, 6.07) is 4.19. The summed E-state index contributed by atoms with van der Waals surface area (Å²) in [5.74, 6) is -2.42. The number of benzene rings is 2. The number of rotatable bonds is 6. The Kier molecular flexibility index (Phi) is 7.66. The first-order valence-electron chi connectivity index (χ1n) is 16.3. The standard InChI is InChI=1S/C34H32F6N6O2S/c35-17-11-33(5-1-9-46(33)14-17)16-47-31-44-27-20(30(45-31)48-18-4-6-32(12-18)7-8-43-15-32)10-22(34(38,39)40)25(26(27)37)19-2-3-23(36)28-24(19)21(13-41)29(42)49-28/h2-3,10,17-18,43H,1,4-9,11-12,14-16,42H2. The summed E-state index contributed by atoms with van der Waals surface area (Å²) in [5, 5.41) is 12.5. The Morgan fingerprint density at radius 1 is 1.16 bits per heavy atom. The van der Waals surface area contributed by atoms with E-state index < -0.39 is 52.3 Å². The van der Waals surface area contributed by atoms with E-state index in [9.17, 15) is 27.2 Å². The molecule has 4 atom stereocenters. The molecule has 1 saturated carbocycles. The molecule has 3 N–H and O–H groups in total. The molecule has 0 amide bonds. The second-order valence-corrected chi connectivity index (χ2v) is 14.9. The van der Waals surface area contributed by atoms with E-state index in [1.165, 1.54) is 0 Å². The molecule has 49 heavy (non-hydrogen) atoms. The topological polar surface area (TPSA) is 109 Å². The van der Waals surface area contributed by atoms with Gasteiger partial charge < -0.3 is 20.5 Å². The molecule has 1 aliphatic carbocycles. The molecule has 0 radical (unpaired) electrons. The number of halogens is 6. The van der Waals surface area contributed by atoms with Crippen LogP contribution in [0.3, 0.4) is 0 Å². The largest absolute Gasteiger partial charge is 0.474 e. The number of aromatic nitrogens is 2. The highest BCUT2D eigenvalue weighted by Gasteiger charge is 2.50. The Balaban J connectivity index is 1.30. The van der Waals surface area contributed by atoms with Gasteiger partial charge >= 0.3 is 12.2 Å². The van der Waals surface area contributed by atoms with E-state index >= 15 is 4.39 Å². The van der Waals surface area contributed by atoms with Crippen molar-refractivity contribution in [2.45, 2.75) is 68.9 Å². The lowest BCUT2D eigenvalue weighted by Gasteiger charge is -2.30. The van der Waals surface area contributed by atoms with Crippen molar-refractivity contribution in [3.63, 3.8) is 0 Å². The first-order valence-corrected chi connectivity index (χ1v) is 17.1. The first-order chi connectivity index (χ1) is 23.4. The van der Waals surface area contributed by atoms with Crippen LogP contribution < -0.4 is 20.5 Å². The number of thiophene rings is 1. The van der Waals surface area contributed by atoms with Gasteiger partial charge in [-0.15, -0.1) is 11.3 Å². The first kappa shape index (κ1) is 32.3. The fraction of sp³-hybridized carbons (Fsp3) is 0.500. The molecule has 8 nitrogen and oxygen atoms in total. The quantitative estimate of drug-likeness (QED) is 0.205. The average molecular weight is 703 g/mol. The third-order valence-electron chi connectivity index (χ3n) is 10.9. The summed E-state index contributed by atoms with van der Waals surface area (Å²) in [4.78, 5) is 10.7. The number of ether oxygens (including phenoxy) is 2. The van der Waals surface area contributed by atoms with Gasteiger partial charge in [0.15, 0.2) is 5.82 Å². The Hall–Kier alpha value is -3.87. The van der Waals surface area contributed by atoms with E-state index in [0.29, 0.717) is 37.1 Å². The minimum atomic E-state index is -5.09. The van der Waals surface area contributed by atoms with Crippen molar-refractivity contribution < 1.29 is 35.8 Å². The van der Waals surface area contributed by atoms with Crippen LogP contribution in [0.1, 0.15) is 56.1 Å². The molecule has 258 valence electrons. The molecule has 2 aromatic heterocycles. The zero-order valence-corrected chi connectivity index (χ0v) is 27.0. The van der Waals surface area contributed by atoms with Crippen LogP contribution in [0.25, 0.3) is 32.1 Å². The minimum absolute atomic E-state index is 0.00395. The van der Waals surface area contributed by atoms with Gasteiger partial charge in [0.2, 0.25) is 5.88 Å². The van der Waals surface area contributed by atoms with Crippen molar-refractivity contribution in [2.24, 2.45) is 5.41 Å². The summed E-state index contributed by atoms with van der Waals surface area (Å²) >= 11 is 0.694. The molecule has 4 fully saturated rings. The number of hydrogen-bond acceptors (Lipinski definition) is 9. The molecule has 2 aromatic carbocycles. The number of anilines is 1. The highest BCUT2D eigenvalue weighted by molar-refractivity contribution is 7.23. The maximum Gasteiger partial charge on any atom is 0.417 e. The Morgan fingerprint density at radius 2 is 2.00 bits per heavy atom. The van der Waals surface area contributed by atoms with E-state index in [4.69, 9.17) is 15.2 Å². The highest BCUT2D eigenvalue weighted by atomic mass is 32.1. The van der Waals surface area contributed by atoms with E-state index in [1.54, 1.807) is 0 Å². The van der Waals surface area contributed by atoms with Crippen LogP contribution in [0.5, 0.6) is 11.9 Å². The van der Waals surface area contributed by atoms with Crippen molar-refractivity contribution in [1.82, 2.24) is 20.2 Å². The maximum absolute atomic E-state index is 17.0. The van der Waals surface area contributed by atoms with Gasteiger partial charge in [-0.1, -0.05) is 6.07 Å². The fourth-order valence-corrected chi connectivity index (χ4v) is 9.52. The van der Waals surface area contributed by atoms with E-state index in [2.05, 4.69) is 15.3 Å². The molecule has 15 heteroatoms. The van der Waals surface area contributed by atoms with Crippen LogP contribution in [0.4, 0.5) is 31.3 Å². The van der Waals surface area contributed by atoms with E-state index in [0.717, 1.165) is 50.6 Å². The van der Waals surface area contributed by atoms with Crippen LogP contribution in [0, 0.1) is 28.4 Å². The predicted octanol–water partition coefficient (Wildman–Crippen LogP) is 7.13. The number of hydrogen-bond donors (Lipinski definition) is 2. The molecule has 3 aliphatic heterocycles. The monoisotopic (exact) mass is 702 g/mol. The van der Waals surface area contributed by atoms with Gasteiger partial charge in [0.25, 0.3) is 0 Å². The van der Waals surface area contributed by atoms with Gasteiger partial charge in [-0.05, 0) is 74.7 Å². The van der Waals surface area contributed by atoms with Crippen molar-refractivity contribution in [3.05, 3.63) is 41.0 Å². The summed E-state index contributed by atoms with van der Waals surface area (Å²) in [6.07, 6.45) is -1.64. The minimum Gasteiger partial charge on any atom is -0.474 e. The summed E-state index contributed by atoms with van der Waals surface area (Å²) in [6.45, 7) is 2.65. The van der Waals surface area contributed by atoms with E-state index in [-0.39, 0.29) is 68.5 Å². The molecule has 0 bridgehead atoms. The Morgan fingerprint density at radius 3 is 2.76 bits per heavy atom. The molecular formula is C34H32F6N6O2S. The van der Waals surface area contributed by atoms with Crippen LogP contribution in [0.2, 0.25) is 0 Å². The number of nitrogens with zero attached hydrogens (tertiary/aromatic N) is 4. The summed E-state index contributed by atoms with van der Waals surface area (Å²) in [7, 11) is 0. The van der Waals surface area contributed by atoms with Gasteiger partial charge in [-0.25, -0.2) is 13.2 Å². The fourth-order valence-electron chi connectivity index (χ4n) is 8.57. The number of alkyl halides is 4. The van der Waals surface area contributed by atoms with Crippen molar-refractivity contribution >= 4 is 37.3 Å². The Labute approximate surface area is 281 Å². The number of fused-ring (bicyclic) bond motifs is 3. The second kappa shape index (κ2) is 11.6. The van der Waals surface area contributed by atoms with Crippen LogP contribution in [0.15, 0.2) is 18.2 Å². The van der Waals surface area contributed by atoms with Gasteiger partial charge in [0.1, 0.15) is 41.3 Å². The van der Waals surface area contributed by atoms with Gasteiger partial charge in [0, 0.05) is 30.5 Å². The number of nitrogen functional groups attached to an aromatic ring is 1. The second-order valence-electron chi connectivity index (χ2n) is 13.8. The SMILES string of the molecule is N#Cc1c(N)sc2c(F)ccc(-c3c(C(F)(F)F)cc4c(OC5CCC6(CCNC6)C5)nc(OCC56CCCN5CC(F)C6)nc4c3F)c12. The predicted molar refractivity (Wildman–Crippen MR) is 171 cm³/mol. The van der Waals surface area contributed by atoms with Gasteiger partial charge in [0.05, 0.1) is 26.8 Å². The lowest BCUT2D eigenvalue weighted by Crippen LogP contribution is -2.43.